The molecule has 2 aromatic carbocycles. The Kier molecular flexibility index (Phi) is 7.05. The maximum absolute atomic E-state index is 13.1. The molecule has 0 spiro atoms. The summed E-state index contributed by atoms with van der Waals surface area (Å²) in [5.74, 6) is -0.219. The smallest absolute Gasteiger partial charge is 0.243 e. The van der Waals surface area contributed by atoms with Crippen molar-refractivity contribution >= 4 is 33.4 Å². The predicted molar refractivity (Wildman–Crippen MR) is 103 cm³/mol. The summed E-state index contributed by atoms with van der Waals surface area (Å²) in [4.78, 5) is 13.5. The number of hydrogen-bond donors (Lipinski definition) is 1. The molecule has 0 heterocycles. The summed E-state index contributed by atoms with van der Waals surface area (Å²) in [6.45, 7) is 1.91. The maximum atomic E-state index is 13.1. The number of sulfonamides is 1. The zero-order chi connectivity index (χ0) is 19.2. The molecule has 0 aliphatic carbocycles. The summed E-state index contributed by atoms with van der Waals surface area (Å²) >= 11 is 1.60. The molecular formula is C18H21FN2O3S2. The highest BCUT2D eigenvalue weighted by Crippen LogP contribution is 2.21. The number of amides is 1. The first-order chi connectivity index (χ1) is 12.3. The summed E-state index contributed by atoms with van der Waals surface area (Å²) < 4.78 is 38.3. The number of thioether (sulfide) groups is 1. The van der Waals surface area contributed by atoms with Crippen LogP contribution in [0, 0.1) is 5.82 Å². The van der Waals surface area contributed by atoms with Crippen LogP contribution in [0.15, 0.2) is 59.5 Å². The molecule has 2 rings (SSSR count). The van der Waals surface area contributed by atoms with Gasteiger partial charge in [0.25, 0.3) is 0 Å². The summed E-state index contributed by atoms with van der Waals surface area (Å²) in [6.07, 6.45) is 1.02. The largest absolute Gasteiger partial charge is 0.353 e. The third-order valence-electron chi connectivity index (χ3n) is 3.58. The van der Waals surface area contributed by atoms with E-state index in [4.69, 9.17) is 0 Å². The Hall–Kier alpha value is -2.06. The van der Waals surface area contributed by atoms with Crippen LogP contribution in [-0.2, 0) is 14.8 Å². The van der Waals surface area contributed by atoms with Crippen LogP contribution in [0.5, 0.6) is 0 Å². The standard InChI is InChI=1S/C18H21FN2O3S2/c1-14(18(22)20-12-13-25-17-6-4-3-5-7-17)21(26(2,23)24)16-10-8-15(19)9-11-16/h3-11,14H,12-13H2,1-2H3,(H,20,22)/t14-/m0/s1. The Balaban J connectivity index is 1.98. The zero-order valence-corrected chi connectivity index (χ0v) is 16.2. The van der Waals surface area contributed by atoms with E-state index in [1.54, 1.807) is 11.8 Å². The molecular weight excluding hydrogens is 375 g/mol. The van der Waals surface area contributed by atoms with E-state index in [2.05, 4.69) is 5.32 Å². The topological polar surface area (TPSA) is 66.5 Å². The average Bonchev–Trinajstić information content (AvgIpc) is 2.60. The molecule has 0 fully saturated rings. The Morgan fingerprint density at radius 3 is 2.35 bits per heavy atom. The maximum Gasteiger partial charge on any atom is 0.243 e. The lowest BCUT2D eigenvalue weighted by molar-refractivity contribution is -0.121. The van der Waals surface area contributed by atoms with Gasteiger partial charge in [0, 0.05) is 17.2 Å². The lowest BCUT2D eigenvalue weighted by Gasteiger charge is -2.28. The molecule has 26 heavy (non-hydrogen) atoms. The molecule has 0 radical (unpaired) electrons. The van der Waals surface area contributed by atoms with E-state index >= 15 is 0 Å². The molecule has 0 aliphatic heterocycles. The van der Waals surface area contributed by atoms with Gasteiger partial charge in [-0.25, -0.2) is 12.8 Å². The minimum Gasteiger partial charge on any atom is -0.353 e. The number of rotatable bonds is 8. The number of halogens is 1. The monoisotopic (exact) mass is 396 g/mol. The van der Waals surface area contributed by atoms with E-state index in [1.165, 1.54) is 19.1 Å². The van der Waals surface area contributed by atoms with Gasteiger partial charge >= 0.3 is 0 Å². The van der Waals surface area contributed by atoms with E-state index in [9.17, 15) is 17.6 Å². The molecule has 0 aliphatic rings. The highest BCUT2D eigenvalue weighted by atomic mass is 32.2. The molecule has 140 valence electrons. The highest BCUT2D eigenvalue weighted by molar-refractivity contribution is 7.99. The molecule has 0 unspecified atom stereocenters. The van der Waals surface area contributed by atoms with Crippen LogP contribution in [0.3, 0.4) is 0 Å². The van der Waals surface area contributed by atoms with Gasteiger partial charge in [0.1, 0.15) is 11.9 Å². The van der Waals surface area contributed by atoms with E-state index in [-0.39, 0.29) is 5.69 Å². The third kappa shape index (κ3) is 5.74. The lowest BCUT2D eigenvalue weighted by Crippen LogP contribution is -2.48. The second kappa shape index (κ2) is 9.05. The van der Waals surface area contributed by atoms with Gasteiger partial charge < -0.3 is 5.32 Å². The van der Waals surface area contributed by atoms with Crippen LogP contribution in [0.1, 0.15) is 6.92 Å². The SMILES string of the molecule is C[C@@H](C(=O)NCCSc1ccccc1)N(c1ccc(F)cc1)S(C)(=O)=O. The predicted octanol–water partition coefficient (Wildman–Crippen LogP) is 2.89. The summed E-state index contributed by atoms with van der Waals surface area (Å²) in [7, 11) is -3.70. The molecule has 8 heteroatoms. The molecule has 1 atom stereocenters. The molecule has 0 aromatic heterocycles. The van der Waals surface area contributed by atoms with Crippen LogP contribution in [-0.4, -0.2) is 38.9 Å². The van der Waals surface area contributed by atoms with Crippen molar-refractivity contribution in [3.8, 4) is 0 Å². The molecule has 0 bridgehead atoms. The number of nitrogens with zero attached hydrogens (tertiary/aromatic N) is 1. The van der Waals surface area contributed by atoms with E-state index in [1.807, 2.05) is 30.3 Å². The highest BCUT2D eigenvalue weighted by Gasteiger charge is 2.28. The van der Waals surface area contributed by atoms with E-state index in [0.717, 1.165) is 27.6 Å². The first-order valence-electron chi connectivity index (χ1n) is 7.99. The second-order valence-corrected chi connectivity index (χ2v) is 8.69. The summed E-state index contributed by atoms with van der Waals surface area (Å²) in [6, 6.07) is 13.8. The van der Waals surface area contributed by atoms with Gasteiger partial charge in [-0.05, 0) is 43.3 Å². The fraction of sp³-hybridized carbons (Fsp3) is 0.278. The van der Waals surface area contributed by atoms with Crippen LogP contribution in [0.25, 0.3) is 0 Å². The first-order valence-corrected chi connectivity index (χ1v) is 10.8. The Labute approximate surface area is 157 Å². The van der Waals surface area contributed by atoms with Crippen molar-refractivity contribution in [1.82, 2.24) is 5.32 Å². The number of carbonyl (C=O) groups excluding carboxylic acids is 1. The summed E-state index contributed by atoms with van der Waals surface area (Å²) in [5.41, 5.74) is 0.246. The van der Waals surface area contributed by atoms with Crippen molar-refractivity contribution in [3.63, 3.8) is 0 Å². The van der Waals surface area contributed by atoms with Gasteiger partial charge in [-0.1, -0.05) is 18.2 Å². The number of benzene rings is 2. The molecule has 1 amide bonds. The summed E-state index contributed by atoms with van der Waals surface area (Å²) in [5, 5.41) is 2.75. The van der Waals surface area contributed by atoms with Gasteiger partial charge in [0.2, 0.25) is 15.9 Å². The number of carbonyl (C=O) groups is 1. The molecule has 5 nitrogen and oxygen atoms in total. The lowest BCUT2D eigenvalue weighted by atomic mass is 10.2. The molecule has 0 saturated heterocycles. The van der Waals surface area contributed by atoms with Gasteiger partial charge in [0.15, 0.2) is 0 Å². The average molecular weight is 397 g/mol. The van der Waals surface area contributed by atoms with Crippen molar-refractivity contribution < 1.29 is 17.6 Å². The van der Waals surface area contributed by atoms with Crippen molar-refractivity contribution in [2.75, 3.05) is 22.9 Å². The van der Waals surface area contributed by atoms with Gasteiger partial charge in [-0.3, -0.25) is 9.10 Å². The van der Waals surface area contributed by atoms with E-state index < -0.39 is 27.8 Å². The fourth-order valence-corrected chi connectivity index (χ4v) is 4.37. The van der Waals surface area contributed by atoms with Gasteiger partial charge in [-0.2, -0.15) is 0 Å². The van der Waals surface area contributed by atoms with Crippen LogP contribution in [0.4, 0.5) is 10.1 Å². The number of hydrogen-bond acceptors (Lipinski definition) is 4. The zero-order valence-electron chi connectivity index (χ0n) is 14.6. The third-order valence-corrected chi connectivity index (χ3v) is 5.84. The van der Waals surface area contributed by atoms with Crippen LogP contribution < -0.4 is 9.62 Å². The molecule has 2 aromatic rings. The second-order valence-electron chi connectivity index (χ2n) is 5.66. The van der Waals surface area contributed by atoms with E-state index in [0.29, 0.717) is 12.3 Å². The van der Waals surface area contributed by atoms with Crippen molar-refractivity contribution in [2.24, 2.45) is 0 Å². The van der Waals surface area contributed by atoms with Gasteiger partial charge in [0.05, 0.1) is 11.9 Å². The van der Waals surface area contributed by atoms with Crippen LogP contribution in [0.2, 0.25) is 0 Å². The molecule has 0 saturated carbocycles. The van der Waals surface area contributed by atoms with Crippen molar-refractivity contribution in [2.45, 2.75) is 17.9 Å². The minimum absolute atomic E-state index is 0.246. The fourth-order valence-electron chi connectivity index (χ4n) is 2.40. The molecule has 1 N–H and O–H groups in total. The normalized spacial score (nSPS) is 12.4. The quantitative estimate of drug-likeness (QED) is 0.550. The van der Waals surface area contributed by atoms with Crippen molar-refractivity contribution in [3.05, 3.63) is 60.4 Å². The van der Waals surface area contributed by atoms with Crippen LogP contribution >= 0.6 is 11.8 Å². The number of anilines is 1. The number of nitrogens with one attached hydrogen (secondary N) is 1. The Morgan fingerprint density at radius 2 is 1.77 bits per heavy atom. The minimum atomic E-state index is -3.70. The Bertz CT molecular complexity index is 827. The van der Waals surface area contributed by atoms with Gasteiger partial charge in [-0.15, -0.1) is 11.8 Å². The first kappa shape index (κ1) is 20.3. The Morgan fingerprint density at radius 1 is 1.15 bits per heavy atom. The van der Waals surface area contributed by atoms with Crippen molar-refractivity contribution in [1.29, 1.82) is 0 Å².